The lowest BCUT2D eigenvalue weighted by atomic mass is 10.1. The fourth-order valence-corrected chi connectivity index (χ4v) is 2.10. The molecule has 0 spiro atoms. The Balaban J connectivity index is 2.41. The summed E-state index contributed by atoms with van der Waals surface area (Å²) in [6.07, 6.45) is 2.02. The second-order valence-corrected chi connectivity index (χ2v) is 6.59. The van der Waals surface area contributed by atoms with Crippen molar-refractivity contribution < 1.29 is 9.47 Å². The third-order valence-electron chi connectivity index (χ3n) is 3.90. The van der Waals surface area contributed by atoms with Gasteiger partial charge in [-0.2, -0.15) is 0 Å². The highest BCUT2D eigenvalue weighted by Gasteiger charge is 2.05. The van der Waals surface area contributed by atoms with E-state index >= 15 is 0 Å². The van der Waals surface area contributed by atoms with Crippen LogP contribution in [-0.4, -0.2) is 60.2 Å². The van der Waals surface area contributed by atoms with Gasteiger partial charge >= 0.3 is 0 Å². The maximum atomic E-state index is 5.65. The first kappa shape index (κ1) is 22.4. The fourth-order valence-electron chi connectivity index (χ4n) is 2.10. The molecule has 0 fully saturated rings. The molecule has 0 unspecified atom stereocenters. The predicted molar refractivity (Wildman–Crippen MR) is 104 cm³/mol. The predicted octanol–water partition coefficient (Wildman–Crippen LogP) is 1.65. The van der Waals surface area contributed by atoms with Crippen molar-refractivity contribution in [3.63, 3.8) is 0 Å². The molecule has 1 aromatic rings. The molecule has 0 radical (unpaired) electrons. The van der Waals surface area contributed by atoms with Gasteiger partial charge in [-0.05, 0) is 32.6 Å². The van der Waals surface area contributed by atoms with E-state index in [2.05, 4.69) is 39.7 Å². The van der Waals surface area contributed by atoms with Gasteiger partial charge in [0.25, 0.3) is 0 Å². The highest BCUT2D eigenvalue weighted by atomic mass is 16.5. The second kappa shape index (κ2) is 13.5. The van der Waals surface area contributed by atoms with Crippen molar-refractivity contribution in [2.75, 3.05) is 39.5 Å². The summed E-state index contributed by atoms with van der Waals surface area (Å²) < 4.78 is 13.0. The minimum atomic E-state index is 0.479. The van der Waals surface area contributed by atoms with E-state index in [9.17, 15) is 0 Å². The first-order valence-electron chi connectivity index (χ1n) is 9.57. The van der Waals surface area contributed by atoms with E-state index in [1.807, 2.05) is 25.5 Å². The van der Waals surface area contributed by atoms with Gasteiger partial charge in [0, 0.05) is 40.0 Å². The van der Waals surface area contributed by atoms with Crippen molar-refractivity contribution in [2.45, 2.75) is 47.1 Å². The van der Waals surface area contributed by atoms with Crippen molar-refractivity contribution in [1.29, 1.82) is 0 Å². The molecule has 2 N–H and O–H groups in total. The van der Waals surface area contributed by atoms with Gasteiger partial charge in [-0.15, -0.1) is 10.2 Å². The van der Waals surface area contributed by atoms with Crippen LogP contribution >= 0.6 is 0 Å². The molecule has 0 aromatic carbocycles. The van der Waals surface area contributed by atoms with Gasteiger partial charge in [0.2, 0.25) is 0 Å². The fraction of sp³-hybridized carbons (Fsp3) is 0.833. The Morgan fingerprint density at radius 3 is 2.54 bits per heavy atom. The van der Waals surface area contributed by atoms with Gasteiger partial charge in [0.05, 0.1) is 6.61 Å². The van der Waals surface area contributed by atoms with Crippen molar-refractivity contribution in [2.24, 2.45) is 18.0 Å². The van der Waals surface area contributed by atoms with Gasteiger partial charge in [0.15, 0.2) is 11.8 Å². The van der Waals surface area contributed by atoms with Crippen LogP contribution in [0.2, 0.25) is 0 Å². The lowest BCUT2D eigenvalue weighted by Gasteiger charge is -2.13. The first-order valence-corrected chi connectivity index (χ1v) is 9.57. The van der Waals surface area contributed by atoms with Crippen molar-refractivity contribution in [1.82, 2.24) is 25.4 Å². The number of aromatic nitrogens is 3. The molecular formula is C18H36N6O2. The number of ether oxygens (including phenoxy) is 2. The molecular weight excluding hydrogens is 332 g/mol. The third kappa shape index (κ3) is 9.72. The lowest BCUT2D eigenvalue weighted by molar-refractivity contribution is 0.128. The molecule has 0 aliphatic heterocycles. The Labute approximate surface area is 157 Å². The summed E-state index contributed by atoms with van der Waals surface area (Å²) in [7, 11) is 1.95. The summed E-state index contributed by atoms with van der Waals surface area (Å²) >= 11 is 0. The average molecular weight is 369 g/mol. The molecule has 1 rings (SSSR count). The van der Waals surface area contributed by atoms with Crippen LogP contribution in [0.15, 0.2) is 4.99 Å². The van der Waals surface area contributed by atoms with Gasteiger partial charge in [-0.25, -0.2) is 4.99 Å². The number of aryl methyl sites for hydroxylation is 1. The zero-order chi connectivity index (χ0) is 19.2. The summed E-state index contributed by atoms with van der Waals surface area (Å²) in [5.41, 5.74) is 0. The molecule has 0 aliphatic rings. The molecule has 0 bridgehead atoms. The minimum absolute atomic E-state index is 0.479. The van der Waals surface area contributed by atoms with E-state index in [0.29, 0.717) is 25.6 Å². The van der Waals surface area contributed by atoms with Crippen LogP contribution in [-0.2, 0) is 23.1 Å². The van der Waals surface area contributed by atoms with E-state index in [1.165, 1.54) is 0 Å². The zero-order valence-corrected chi connectivity index (χ0v) is 17.0. The molecule has 150 valence electrons. The molecule has 0 aliphatic carbocycles. The maximum Gasteiger partial charge on any atom is 0.191 e. The van der Waals surface area contributed by atoms with Crippen LogP contribution < -0.4 is 10.6 Å². The van der Waals surface area contributed by atoms with E-state index in [1.54, 1.807) is 0 Å². The summed E-state index contributed by atoms with van der Waals surface area (Å²) in [5, 5.41) is 14.9. The summed E-state index contributed by atoms with van der Waals surface area (Å²) in [5.74, 6) is 3.15. The molecule has 0 saturated heterocycles. The number of aliphatic imine (C=N–C) groups is 1. The topological polar surface area (TPSA) is 85.6 Å². The molecule has 1 aromatic heterocycles. The average Bonchev–Trinajstić information content (AvgIpc) is 2.93. The van der Waals surface area contributed by atoms with Crippen molar-refractivity contribution >= 4 is 5.96 Å². The van der Waals surface area contributed by atoms with Gasteiger partial charge in [-0.1, -0.05) is 13.8 Å². The summed E-state index contributed by atoms with van der Waals surface area (Å²) in [6.45, 7) is 13.3. The first-order chi connectivity index (χ1) is 12.5. The van der Waals surface area contributed by atoms with E-state index < -0.39 is 0 Å². The Hall–Kier alpha value is -1.67. The third-order valence-corrected chi connectivity index (χ3v) is 3.90. The Kier molecular flexibility index (Phi) is 11.6. The quantitative estimate of drug-likeness (QED) is 0.313. The van der Waals surface area contributed by atoms with E-state index in [-0.39, 0.29) is 0 Å². The summed E-state index contributed by atoms with van der Waals surface area (Å²) in [6, 6.07) is 0. The van der Waals surface area contributed by atoms with Crippen LogP contribution in [0.1, 0.15) is 45.3 Å². The standard InChI is InChI=1S/C18H36N6O2/c1-6-25-11-7-9-19-18(20-10-13-26-12-8-15(2)3)21-14-17-23-22-16(4)24(17)5/h15H,6-14H2,1-5H3,(H2,19,20,21). The molecule has 8 nitrogen and oxygen atoms in total. The molecule has 26 heavy (non-hydrogen) atoms. The summed E-state index contributed by atoms with van der Waals surface area (Å²) in [4.78, 5) is 4.61. The number of rotatable bonds is 13. The molecule has 0 amide bonds. The molecule has 0 atom stereocenters. The van der Waals surface area contributed by atoms with Crippen LogP contribution in [0, 0.1) is 12.8 Å². The number of hydrogen-bond donors (Lipinski definition) is 2. The number of guanidine groups is 1. The molecule has 0 saturated carbocycles. The van der Waals surface area contributed by atoms with Gasteiger partial charge < -0.3 is 24.7 Å². The number of nitrogens with one attached hydrogen (secondary N) is 2. The van der Waals surface area contributed by atoms with Crippen LogP contribution in [0.3, 0.4) is 0 Å². The normalized spacial score (nSPS) is 12.0. The Morgan fingerprint density at radius 1 is 1.12 bits per heavy atom. The zero-order valence-electron chi connectivity index (χ0n) is 17.0. The van der Waals surface area contributed by atoms with Gasteiger partial charge in [0.1, 0.15) is 12.4 Å². The monoisotopic (exact) mass is 368 g/mol. The molecule has 8 heteroatoms. The van der Waals surface area contributed by atoms with Gasteiger partial charge in [-0.3, -0.25) is 0 Å². The lowest BCUT2D eigenvalue weighted by Crippen LogP contribution is -2.40. The smallest absolute Gasteiger partial charge is 0.191 e. The van der Waals surface area contributed by atoms with Crippen molar-refractivity contribution in [3.8, 4) is 0 Å². The Morgan fingerprint density at radius 2 is 1.88 bits per heavy atom. The van der Waals surface area contributed by atoms with E-state index in [0.717, 1.165) is 56.8 Å². The maximum absolute atomic E-state index is 5.65. The SMILES string of the molecule is CCOCCCNC(=NCc1nnc(C)n1C)NCCOCCC(C)C. The van der Waals surface area contributed by atoms with Crippen LogP contribution in [0.5, 0.6) is 0 Å². The Bertz CT molecular complexity index is 516. The highest BCUT2D eigenvalue weighted by Crippen LogP contribution is 1.99. The number of hydrogen-bond acceptors (Lipinski definition) is 5. The highest BCUT2D eigenvalue weighted by molar-refractivity contribution is 5.79. The van der Waals surface area contributed by atoms with Crippen LogP contribution in [0.4, 0.5) is 0 Å². The second-order valence-electron chi connectivity index (χ2n) is 6.59. The molecule has 1 heterocycles. The largest absolute Gasteiger partial charge is 0.382 e. The minimum Gasteiger partial charge on any atom is -0.382 e. The van der Waals surface area contributed by atoms with E-state index in [4.69, 9.17) is 9.47 Å². The van der Waals surface area contributed by atoms with Crippen LogP contribution in [0.25, 0.3) is 0 Å². The van der Waals surface area contributed by atoms with Crippen molar-refractivity contribution in [3.05, 3.63) is 11.6 Å². The number of nitrogens with zero attached hydrogens (tertiary/aromatic N) is 4.